The molecule has 0 spiro atoms. The standard InChI is InChI=1S/C7H15BO2Si/c1-7(11(2,3)4)8-9-5-6-10-8/h1,5-6H2,2-4H3. The van der Waals surface area contributed by atoms with E-state index in [9.17, 15) is 0 Å². The lowest BCUT2D eigenvalue weighted by Gasteiger charge is -2.20. The first-order valence-electron chi connectivity index (χ1n) is 3.94. The quantitative estimate of drug-likeness (QED) is 0.584. The molecule has 0 N–H and O–H groups in total. The van der Waals surface area contributed by atoms with Crippen molar-refractivity contribution in [3.8, 4) is 0 Å². The van der Waals surface area contributed by atoms with Gasteiger partial charge in [-0.05, 0) is 0 Å². The molecule has 1 saturated heterocycles. The highest BCUT2D eigenvalue weighted by Crippen LogP contribution is 2.18. The van der Waals surface area contributed by atoms with E-state index in [-0.39, 0.29) is 7.12 Å². The van der Waals surface area contributed by atoms with E-state index >= 15 is 0 Å². The molecular formula is C7H15BO2Si. The summed E-state index contributed by atoms with van der Waals surface area (Å²) in [6.07, 6.45) is 0. The van der Waals surface area contributed by atoms with Crippen LogP contribution in [0.3, 0.4) is 0 Å². The maximum atomic E-state index is 5.35. The third-order valence-corrected chi connectivity index (χ3v) is 4.03. The van der Waals surface area contributed by atoms with Crippen molar-refractivity contribution in [2.24, 2.45) is 0 Å². The second-order valence-electron chi connectivity index (χ2n) is 3.85. The Morgan fingerprint density at radius 3 is 2.09 bits per heavy atom. The van der Waals surface area contributed by atoms with Crippen molar-refractivity contribution in [3.05, 3.63) is 11.7 Å². The van der Waals surface area contributed by atoms with Crippen LogP contribution in [-0.2, 0) is 9.31 Å². The monoisotopic (exact) mass is 170 g/mol. The van der Waals surface area contributed by atoms with Crippen molar-refractivity contribution in [1.29, 1.82) is 0 Å². The van der Waals surface area contributed by atoms with Crippen LogP contribution >= 0.6 is 0 Å². The maximum absolute atomic E-state index is 5.35. The fourth-order valence-corrected chi connectivity index (χ4v) is 1.79. The summed E-state index contributed by atoms with van der Waals surface area (Å²) in [6.45, 7) is 12.2. The molecule has 1 aliphatic heterocycles. The van der Waals surface area contributed by atoms with Crippen molar-refractivity contribution in [3.63, 3.8) is 0 Å². The van der Waals surface area contributed by atoms with Gasteiger partial charge in [0.15, 0.2) is 0 Å². The topological polar surface area (TPSA) is 18.5 Å². The Hall–Kier alpha value is -0.0582. The molecule has 0 unspecified atom stereocenters. The van der Waals surface area contributed by atoms with Crippen molar-refractivity contribution in [2.45, 2.75) is 19.6 Å². The molecule has 11 heavy (non-hydrogen) atoms. The molecule has 62 valence electrons. The lowest BCUT2D eigenvalue weighted by atomic mass is 9.91. The van der Waals surface area contributed by atoms with Gasteiger partial charge in [0.05, 0.1) is 21.3 Å². The number of rotatable bonds is 2. The van der Waals surface area contributed by atoms with Crippen LogP contribution in [0, 0.1) is 0 Å². The molecule has 0 aliphatic carbocycles. The molecule has 0 aromatic carbocycles. The van der Waals surface area contributed by atoms with Gasteiger partial charge in [0, 0.05) is 0 Å². The fourth-order valence-electron chi connectivity index (χ4n) is 0.913. The molecule has 0 saturated carbocycles. The molecule has 2 nitrogen and oxygen atoms in total. The Morgan fingerprint density at radius 2 is 1.73 bits per heavy atom. The zero-order chi connectivity index (χ0) is 8.48. The predicted molar refractivity (Wildman–Crippen MR) is 50.1 cm³/mol. The van der Waals surface area contributed by atoms with Crippen LogP contribution in [0.15, 0.2) is 11.7 Å². The predicted octanol–water partition coefficient (Wildman–Crippen LogP) is 1.49. The van der Waals surface area contributed by atoms with E-state index in [1.165, 1.54) is 0 Å². The largest absolute Gasteiger partial charge is 0.484 e. The molecule has 1 rings (SSSR count). The minimum absolute atomic E-state index is 0.110. The van der Waals surface area contributed by atoms with E-state index in [1.807, 2.05) is 0 Å². The highest BCUT2D eigenvalue weighted by atomic mass is 28.3. The average molecular weight is 170 g/mol. The Labute approximate surface area is 69.7 Å². The van der Waals surface area contributed by atoms with E-state index in [1.54, 1.807) is 0 Å². The van der Waals surface area contributed by atoms with Gasteiger partial charge in [-0.1, -0.05) is 24.7 Å². The molecule has 1 aliphatic rings. The van der Waals surface area contributed by atoms with Crippen molar-refractivity contribution >= 4 is 15.2 Å². The fraction of sp³-hybridized carbons (Fsp3) is 0.714. The van der Waals surface area contributed by atoms with E-state index in [2.05, 4.69) is 26.2 Å². The first-order chi connectivity index (χ1) is 5.02. The van der Waals surface area contributed by atoms with Crippen LogP contribution in [0.25, 0.3) is 0 Å². The lowest BCUT2D eigenvalue weighted by molar-refractivity contribution is 0.365. The summed E-state index contributed by atoms with van der Waals surface area (Å²) >= 11 is 0. The van der Waals surface area contributed by atoms with Gasteiger partial charge in [0.2, 0.25) is 0 Å². The first kappa shape index (κ1) is 9.03. The van der Waals surface area contributed by atoms with Gasteiger partial charge in [-0.3, -0.25) is 0 Å². The summed E-state index contributed by atoms with van der Waals surface area (Å²) < 4.78 is 10.7. The van der Waals surface area contributed by atoms with E-state index in [0.29, 0.717) is 13.2 Å². The summed E-state index contributed by atoms with van der Waals surface area (Å²) in [5.41, 5.74) is 0. The summed E-state index contributed by atoms with van der Waals surface area (Å²) in [4.78, 5) is 0. The Balaban J connectivity index is 2.53. The minimum Gasteiger partial charge on any atom is -0.405 e. The van der Waals surface area contributed by atoms with Gasteiger partial charge < -0.3 is 9.31 Å². The second-order valence-corrected chi connectivity index (χ2v) is 8.99. The highest BCUT2D eigenvalue weighted by molar-refractivity contribution is 6.94. The molecule has 4 heteroatoms. The molecule has 0 aromatic heterocycles. The summed E-state index contributed by atoms with van der Waals surface area (Å²) in [6, 6.07) is 0. The Kier molecular flexibility index (Phi) is 2.57. The van der Waals surface area contributed by atoms with Crippen LogP contribution in [0.1, 0.15) is 0 Å². The van der Waals surface area contributed by atoms with Crippen LogP contribution < -0.4 is 0 Å². The third-order valence-electron chi connectivity index (χ3n) is 1.87. The molecule has 0 bridgehead atoms. The normalized spacial score (nSPS) is 19.0. The average Bonchev–Trinajstić information content (AvgIpc) is 2.34. The van der Waals surface area contributed by atoms with Crippen molar-refractivity contribution in [2.75, 3.05) is 13.2 Å². The van der Waals surface area contributed by atoms with Crippen LogP contribution in [0.4, 0.5) is 0 Å². The zero-order valence-corrected chi connectivity index (χ0v) is 8.52. The molecule has 0 atom stereocenters. The molecule has 1 fully saturated rings. The van der Waals surface area contributed by atoms with E-state index in [0.717, 1.165) is 5.10 Å². The van der Waals surface area contributed by atoms with Gasteiger partial charge in [-0.25, -0.2) is 0 Å². The number of hydrogen-bond acceptors (Lipinski definition) is 2. The van der Waals surface area contributed by atoms with Gasteiger partial charge in [-0.15, -0.1) is 6.58 Å². The van der Waals surface area contributed by atoms with Gasteiger partial charge in [0.25, 0.3) is 0 Å². The molecule has 0 radical (unpaired) electrons. The van der Waals surface area contributed by atoms with Gasteiger partial charge in [0.1, 0.15) is 0 Å². The van der Waals surface area contributed by atoms with E-state index in [4.69, 9.17) is 9.31 Å². The molecule has 0 amide bonds. The summed E-state index contributed by atoms with van der Waals surface area (Å²) in [5.74, 6) is 0. The SMILES string of the molecule is C=C(B1OCCO1)[Si](C)(C)C. The third kappa shape index (κ3) is 2.18. The smallest absolute Gasteiger partial charge is 0.405 e. The van der Waals surface area contributed by atoms with Crippen LogP contribution in [-0.4, -0.2) is 28.4 Å². The lowest BCUT2D eigenvalue weighted by Crippen LogP contribution is -2.35. The summed E-state index contributed by atoms with van der Waals surface area (Å²) in [7, 11) is -1.38. The van der Waals surface area contributed by atoms with Crippen molar-refractivity contribution in [1.82, 2.24) is 0 Å². The Morgan fingerprint density at radius 1 is 1.27 bits per heavy atom. The maximum Gasteiger partial charge on any atom is 0.484 e. The summed E-state index contributed by atoms with van der Waals surface area (Å²) in [5, 5.41) is 1.16. The first-order valence-corrected chi connectivity index (χ1v) is 7.44. The van der Waals surface area contributed by atoms with Crippen LogP contribution in [0.2, 0.25) is 19.6 Å². The molecule has 1 heterocycles. The molecular weight excluding hydrogens is 155 g/mol. The second kappa shape index (κ2) is 3.13. The molecule has 0 aromatic rings. The zero-order valence-electron chi connectivity index (χ0n) is 7.52. The van der Waals surface area contributed by atoms with Gasteiger partial charge >= 0.3 is 7.12 Å². The van der Waals surface area contributed by atoms with Crippen molar-refractivity contribution < 1.29 is 9.31 Å². The van der Waals surface area contributed by atoms with Gasteiger partial charge in [-0.2, -0.15) is 0 Å². The van der Waals surface area contributed by atoms with Crippen LogP contribution in [0.5, 0.6) is 0 Å². The van der Waals surface area contributed by atoms with E-state index < -0.39 is 8.07 Å². The Bertz CT molecular complexity index is 158. The minimum atomic E-state index is -1.27. The highest BCUT2D eigenvalue weighted by Gasteiger charge is 2.34. The number of hydrogen-bond donors (Lipinski definition) is 0.